The third-order valence-electron chi connectivity index (χ3n) is 4.04. The van der Waals surface area contributed by atoms with E-state index in [2.05, 4.69) is 0 Å². The molecule has 2 rings (SSSR count). The Morgan fingerprint density at radius 2 is 2.10 bits per heavy atom. The van der Waals surface area contributed by atoms with Crippen LogP contribution < -0.4 is 0 Å². The molecule has 1 aliphatic heterocycles. The third kappa shape index (κ3) is 3.50. The molecule has 3 nitrogen and oxygen atoms in total. The van der Waals surface area contributed by atoms with Crippen LogP contribution in [0.15, 0.2) is 30.3 Å². The average Bonchev–Trinajstić information content (AvgIpc) is 2.48. The minimum Gasteiger partial charge on any atom is -0.337 e. The molecule has 0 fully saturated rings. The summed E-state index contributed by atoms with van der Waals surface area (Å²) in [5.41, 5.74) is 1.65. The lowest BCUT2D eigenvalue weighted by atomic mass is 9.98. The van der Waals surface area contributed by atoms with Gasteiger partial charge < -0.3 is 4.90 Å². The Hall–Kier alpha value is -1.68. The molecule has 0 N–H and O–H groups in total. The van der Waals surface area contributed by atoms with Gasteiger partial charge in [-0.2, -0.15) is 0 Å². The summed E-state index contributed by atoms with van der Waals surface area (Å²) >= 11 is 0. The highest BCUT2D eigenvalue weighted by Gasteiger charge is 2.26. The fraction of sp³-hybridized carbons (Fsp3) is 0.471. The summed E-state index contributed by atoms with van der Waals surface area (Å²) in [6.07, 6.45) is 3.48. The number of hydrogen-bond donors (Lipinski definition) is 0. The topological polar surface area (TPSA) is 23.6 Å². The van der Waals surface area contributed by atoms with Crippen molar-refractivity contribution in [1.82, 2.24) is 9.80 Å². The van der Waals surface area contributed by atoms with E-state index in [1.165, 1.54) is 6.07 Å². The van der Waals surface area contributed by atoms with Gasteiger partial charge in [-0.05, 0) is 38.6 Å². The highest BCUT2D eigenvalue weighted by Crippen LogP contribution is 2.25. The Bertz CT molecular complexity index is 539. The van der Waals surface area contributed by atoms with Crippen molar-refractivity contribution in [2.75, 3.05) is 27.2 Å². The van der Waals surface area contributed by atoms with Crippen LogP contribution in [-0.2, 0) is 4.79 Å². The number of hydrogen-bond acceptors (Lipinski definition) is 2. The Balaban J connectivity index is 2.08. The van der Waals surface area contributed by atoms with Gasteiger partial charge in [0.2, 0.25) is 5.91 Å². The first kappa shape index (κ1) is 15.7. The molecule has 0 saturated carbocycles. The van der Waals surface area contributed by atoms with Crippen LogP contribution in [0.4, 0.5) is 4.39 Å². The van der Waals surface area contributed by atoms with Crippen molar-refractivity contribution >= 4 is 11.5 Å². The zero-order valence-electron chi connectivity index (χ0n) is 13.0. The van der Waals surface area contributed by atoms with E-state index >= 15 is 0 Å². The lowest BCUT2D eigenvalue weighted by molar-refractivity contribution is -0.135. The first-order valence-corrected chi connectivity index (χ1v) is 7.43. The van der Waals surface area contributed by atoms with E-state index in [0.29, 0.717) is 25.1 Å². The SMILES string of the molecule is CCC(C(=O)N1CC=C(c2ccccc2F)CC1)N(C)C. The fourth-order valence-electron chi connectivity index (χ4n) is 2.81. The van der Waals surface area contributed by atoms with Crippen LogP contribution in [-0.4, -0.2) is 48.9 Å². The van der Waals surface area contributed by atoms with Gasteiger partial charge in [0.25, 0.3) is 0 Å². The summed E-state index contributed by atoms with van der Waals surface area (Å²) in [6, 6.07) is 6.74. The van der Waals surface area contributed by atoms with E-state index < -0.39 is 0 Å². The number of carbonyl (C=O) groups excluding carboxylic acids is 1. The Morgan fingerprint density at radius 3 is 2.62 bits per heavy atom. The standard InChI is InChI=1S/C17H23FN2O/c1-4-16(19(2)3)17(21)20-11-9-13(10-12-20)14-7-5-6-8-15(14)18/h5-9,16H,4,10-12H2,1-3H3. The van der Waals surface area contributed by atoms with E-state index in [1.54, 1.807) is 12.1 Å². The van der Waals surface area contributed by atoms with Crippen LogP contribution in [0.2, 0.25) is 0 Å². The predicted octanol–water partition coefficient (Wildman–Crippen LogP) is 2.78. The second-order valence-corrected chi connectivity index (χ2v) is 5.63. The van der Waals surface area contributed by atoms with Crippen LogP contribution in [0.3, 0.4) is 0 Å². The van der Waals surface area contributed by atoms with E-state index in [9.17, 15) is 9.18 Å². The molecule has 1 atom stereocenters. The summed E-state index contributed by atoms with van der Waals surface area (Å²) in [5, 5.41) is 0. The monoisotopic (exact) mass is 290 g/mol. The summed E-state index contributed by atoms with van der Waals surface area (Å²) < 4.78 is 13.8. The van der Waals surface area contributed by atoms with Crippen LogP contribution >= 0.6 is 0 Å². The van der Waals surface area contributed by atoms with Crippen LogP contribution in [0, 0.1) is 5.82 Å². The molecular formula is C17H23FN2O. The maximum Gasteiger partial charge on any atom is 0.240 e. The minimum atomic E-state index is -0.191. The molecule has 0 radical (unpaired) electrons. The molecule has 0 spiro atoms. The van der Waals surface area contributed by atoms with Crippen molar-refractivity contribution in [2.24, 2.45) is 0 Å². The van der Waals surface area contributed by atoms with Gasteiger partial charge in [-0.3, -0.25) is 9.69 Å². The van der Waals surface area contributed by atoms with Crippen LogP contribution in [0.5, 0.6) is 0 Å². The van der Waals surface area contributed by atoms with E-state index in [4.69, 9.17) is 0 Å². The summed E-state index contributed by atoms with van der Waals surface area (Å²) in [6.45, 7) is 3.24. The van der Waals surface area contributed by atoms with Gasteiger partial charge >= 0.3 is 0 Å². The molecule has 0 bridgehead atoms. The van der Waals surface area contributed by atoms with Crippen molar-refractivity contribution in [3.63, 3.8) is 0 Å². The second kappa shape index (κ2) is 6.85. The number of amides is 1. The average molecular weight is 290 g/mol. The summed E-state index contributed by atoms with van der Waals surface area (Å²) in [4.78, 5) is 16.3. The maximum absolute atomic E-state index is 13.8. The lowest BCUT2D eigenvalue weighted by Crippen LogP contribution is -2.47. The molecule has 1 aliphatic rings. The smallest absolute Gasteiger partial charge is 0.240 e. The molecule has 1 aromatic carbocycles. The minimum absolute atomic E-state index is 0.0755. The van der Waals surface area contributed by atoms with E-state index in [-0.39, 0.29) is 17.8 Å². The normalized spacial score (nSPS) is 16.8. The molecular weight excluding hydrogens is 267 g/mol. The molecule has 0 saturated heterocycles. The molecule has 1 aromatic rings. The van der Waals surface area contributed by atoms with Gasteiger partial charge in [0, 0.05) is 18.7 Å². The summed E-state index contributed by atoms with van der Waals surface area (Å²) in [7, 11) is 3.85. The zero-order chi connectivity index (χ0) is 15.4. The maximum atomic E-state index is 13.8. The largest absolute Gasteiger partial charge is 0.337 e. The van der Waals surface area contributed by atoms with Gasteiger partial charge in [-0.1, -0.05) is 31.2 Å². The molecule has 0 aromatic heterocycles. The van der Waals surface area contributed by atoms with Gasteiger partial charge in [0.05, 0.1) is 6.04 Å². The predicted molar refractivity (Wildman–Crippen MR) is 83.3 cm³/mol. The van der Waals surface area contributed by atoms with Crippen molar-refractivity contribution in [3.8, 4) is 0 Å². The Labute approximate surface area is 126 Å². The number of benzene rings is 1. The first-order chi connectivity index (χ1) is 10.0. The number of rotatable bonds is 4. The number of likely N-dealkylation sites (N-methyl/N-ethyl adjacent to an activating group) is 1. The fourth-order valence-corrected chi connectivity index (χ4v) is 2.81. The number of nitrogens with zero attached hydrogens (tertiary/aromatic N) is 2. The quantitative estimate of drug-likeness (QED) is 0.851. The summed E-state index contributed by atoms with van der Waals surface area (Å²) in [5.74, 6) is -0.0328. The van der Waals surface area contributed by atoms with E-state index in [1.807, 2.05) is 43.0 Å². The van der Waals surface area contributed by atoms with Gasteiger partial charge in [0.1, 0.15) is 5.82 Å². The molecule has 1 unspecified atom stereocenters. The van der Waals surface area contributed by atoms with Crippen molar-refractivity contribution in [2.45, 2.75) is 25.8 Å². The van der Waals surface area contributed by atoms with Crippen LogP contribution in [0.1, 0.15) is 25.3 Å². The van der Waals surface area contributed by atoms with Gasteiger partial charge in [0.15, 0.2) is 0 Å². The highest BCUT2D eigenvalue weighted by molar-refractivity contribution is 5.83. The van der Waals surface area contributed by atoms with Gasteiger partial charge in [-0.25, -0.2) is 4.39 Å². The molecule has 114 valence electrons. The van der Waals surface area contributed by atoms with Crippen molar-refractivity contribution in [1.29, 1.82) is 0 Å². The van der Waals surface area contributed by atoms with E-state index in [0.717, 1.165) is 12.0 Å². The van der Waals surface area contributed by atoms with Gasteiger partial charge in [-0.15, -0.1) is 0 Å². The molecule has 0 aliphatic carbocycles. The number of halogens is 1. The lowest BCUT2D eigenvalue weighted by Gasteiger charge is -2.32. The third-order valence-corrected chi connectivity index (χ3v) is 4.04. The van der Waals surface area contributed by atoms with Crippen molar-refractivity contribution < 1.29 is 9.18 Å². The first-order valence-electron chi connectivity index (χ1n) is 7.43. The zero-order valence-corrected chi connectivity index (χ0v) is 13.0. The molecule has 4 heteroatoms. The molecule has 1 heterocycles. The number of carbonyl (C=O) groups is 1. The molecule has 21 heavy (non-hydrogen) atoms. The van der Waals surface area contributed by atoms with Crippen molar-refractivity contribution in [3.05, 3.63) is 41.7 Å². The Kier molecular flexibility index (Phi) is 5.12. The Morgan fingerprint density at radius 1 is 1.38 bits per heavy atom. The highest BCUT2D eigenvalue weighted by atomic mass is 19.1. The second-order valence-electron chi connectivity index (χ2n) is 5.63. The van der Waals surface area contributed by atoms with Crippen LogP contribution in [0.25, 0.3) is 5.57 Å². The molecule has 1 amide bonds.